The molecular formula is C21H22N4O3. The molecule has 7 heteroatoms. The first-order valence-electron chi connectivity index (χ1n) is 8.70. The summed E-state index contributed by atoms with van der Waals surface area (Å²) < 4.78 is 10.5. The highest BCUT2D eigenvalue weighted by Gasteiger charge is 2.13. The van der Waals surface area contributed by atoms with Crippen LogP contribution in [0.5, 0.6) is 11.5 Å². The van der Waals surface area contributed by atoms with Gasteiger partial charge in [0.25, 0.3) is 5.91 Å². The predicted octanol–water partition coefficient (Wildman–Crippen LogP) is 4.11. The van der Waals surface area contributed by atoms with Gasteiger partial charge in [0.2, 0.25) is 0 Å². The van der Waals surface area contributed by atoms with E-state index in [-0.39, 0.29) is 11.6 Å². The number of hydrogen-bond donors (Lipinski definition) is 2. The Labute approximate surface area is 163 Å². The molecule has 3 rings (SSSR count). The highest BCUT2D eigenvalue weighted by molar-refractivity contribution is 6.04. The quantitative estimate of drug-likeness (QED) is 0.671. The van der Waals surface area contributed by atoms with Gasteiger partial charge in [0, 0.05) is 17.8 Å². The van der Waals surface area contributed by atoms with Crippen molar-refractivity contribution < 1.29 is 14.3 Å². The fourth-order valence-corrected chi connectivity index (χ4v) is 2.78. The zero-order chi connectivity index (χ0) is 20.1. The van der Waals surface area contributed by atoms with Gasteiger partial charge in [-0.1, -0.05) is 18.2 Å². The van der Waals surface area contributed by atoms with Gasteiger partial charge in [0.1, 0.15) is 29.3 Å². The molecule has 0 aliphatic carbocycles. The Morgan fingerprint density at radius 2 is 1.71 bits per heavy atom. The third-order valence-electron chi connectivity index (χ3n) is 4.29. The number of para-hydroxylation sites is 1. The molecule has 0 radical (unpaired) electrons. The van der Waals surface area contributed by atoms with Gasteiger partial charge < -0.3 is 20.1 Å². The average Bonchev–Trinajstić information content (AvgIpc) is 2.71. The second-order valence-electron chi connectivity index (χ2n) is 6.20. The van der Waals surface area contributed by atoms with Crippen molar-refractivity contribution in [3.63, 3.8) is 0 Å². The molecule has 0 fully saturated rings. The summed E-state index contributed by atoms with van der Waals surface area (Å²) in [6.45, 7) is 4.03. The van der Waals surface area contributed by atoms with Crippen LogP contribution in [0.1, 0.15) is 21.6 Å². The number of rotatable bonds is 6. The van der Waals surface area contributed by atoms with Crippen LogP contribution in [0.2, 0.25) is 0 Å². The summed E-state index contributed by atoms with van der Waals surface area (Å²) in [5.41, 5.74) is 3.90. The van der Waals surface area contributed by atoms with Crippen LogP contribution < -0.4 is 20.1 Å². The van der Waals surface area contributed by atoms with Crippen LogP contribution in [0.4, 0.5) is 17.2 Å². The lowest BCUT2D eigenvalue weighted by Crippen LogP contribution is -2.15. The second-order valence-corrected chi connectivity index (χ2v) is 6.20. The summed E-state index contributed by atoms with van der Waals surface area (Å²) in [6, 6.07) is 12.8. The molecule has 2 aromatic carbocycles. The van der Waals surface area contributed by atoms with E-state index in [2.05, 4.69) is 20.6 Å². The van der Waals surface area contributed by atoms with Crippen molar-refractivity contribution in [2.45, 2.75) is 13.8 Å². The van der Waals surface area contributed by atoms with Crippen molar-refractivity contribution in [3.8, 4) is 11.5 Å². The first kappa shape index (κ1) is 19.2. The number of aryl methyl sites for hydroxylation is 2. The van der Waals surface area contributed by atoms with Gasteiger partial charge in [-0.15, -0.1) is 0 Å². The molecule has 2 N–H and O–H groups in total. The molecule has 0 unspecified atom stereocenters. The first-order chi connectivity index (χ1) is 13.5. The van der Waals surface area contributed by atoms with E-state index in [1.165, 1.54) is 13.4 Å². The van der Waals surface area contributed by atoms with Gasteiger partial charge in [0.15, 0.2) is 0 Å². The molecule has 0 aliphatic heterocycles. The number of hydrogen-bond acceptors (Lipinski definition) is 6. The average molecular weight is 378 g/mol. The molecule has 0 bridgehead atoms. The molecule has 0 aliphatic rings. The Kier molecular flexibility index (Phi) is 5.74. The number of methoxy groups -OCH3 is 2. The lowest BCUT2D eigenvalue weighted by molar-refractivity contribution is 0.102. The maximum absolute atomic E-state index is 12.7. The summed E-state index contributed by atoms with van der Waals surface area (Å²) in [7, 11) is 3.10. The lowest BCUT2D eigenvalue weighted by Gasteiger charge is -2.13. The Morgan fingerprint density at radius 3 is 2.39 bits per heavy atom. The molecule has 0 saturated carbocycles. The fourth-order valence-electron chi connectivity index (χ4n) is 2.78. The molecule has 0 atom stereocenters. The zero-order valence-corrected chi connectivity index (χ0v) is 16.2. The minimum atomic E-state index is -0.365. The molecule has 0 spiro atoms. The number of anilines is 3. The van der Waals surface area contributed by atoms with Crippen molar-refractivity contribution in [3.05, 3.63) is 65.6 Å². The van der Waals surface area contributed by atoms with Gasteiger partial charge in [-0.2, -0.15) is 0 Å². The Hall–Kier alpha value is -3.61. The normalized spacial score (nSPS) is 10.3. The number of ether oxygens (including phenoxy) is 2. The molecule has 1 amide bonds. The van der Waals surface area contributed by atoms with Gasteiger partial charge in [0.05, 0.1) is 19.9 Å². The largest absolute Gasteiger partial charge is 0.497 e. The van der Waals surface area contributed by atoms with Crippen molar-refractivity contribution in [1.29, 1.82) is 0 Å². The SMILES string of the molecule is COc1ccc(NC(=O)c2cc(Nc3c(C)cccc3C)ncn2)c(OC)c1. The number of nitrogens with zero attached hydrogens (tertiary/aromatic N) is 2. The van der Waals surface area contributed by atoms with Crippen LogP contribution in [-0.4, -0.2) is 30.1 Å². The minimum Gasteiger partial charge on any atom is -0.497 e. The van der Waals surface area contributed by atoms with Crippen molar-refractivity contribution in [2.75, 3.05) is 24.9 Å². The van der Waals surface area contributed by atoms with Gasteiger partial charge >= 0.3 is 0 Å². The van der Waals surface area contributed by atoms with E-state index in [0.717, 1.165) is 16.8 Å². The maximum Gasteiger partial charge on any atom is 0.274 e. The van der Waals surface area contributed by atoms with Crippen LogP contribution >= 0.6 is 0 Å². The lowest BCUT2D eigenvalue weighted by atomic mass is 10.1. The second kappa shape index (κ2) is 8.39. The zero-order valence-electron chi connectivity index (χ0n) is 16.2. The topological polar surface area (TPSA) is 85.4 Å². The van der Waals surface area contributed by atoms with Gasteiger partial charge in [-0.25, -0.2) is 9.97 Å². The molecular weight excluding hydrogens is 356 g/mol. The molecule has 7 nitrogen and oxygen atoms in total. The number of nitrogens with one attached hydrogen (secondary N) is 2. The van der Waals surface area contributed by atoms with Gasteiger partial charge in [-0.05, 0) is 37.1 Å². The number of amides is 1. The van der Waals surface area contributed by atoms with E-state index in [0.29, 0.717) is 23.0 Å². The van der Waals surface area contributed by atoms with Gasteiger partial charge in [-0.3, -0.25) is 4.79 Å². The number of carbonyl (C=O) groups is 1. The third-order valence-corrected chi connectivity index (χ3v) is 4.29. The fraction of sp³-hybridized carbons (Fsp3) is 0.190. The van der Waals surface area contributed by atoms with Crippen LogP contribution in [0, 0.1) is 13.8 Å². The van der Waals surface area contributed by atoms with Crippen molar-refractivity contribution in [1.82, 2.24) is 9.97 Å². The van der Waals surface area contributed by atoms with E-state index < -0.39 is 0 Å². The molecule has 3 aromatic rings. The summed E-state index contributed by atoms with van der Waals surface area (Å²) in [5.74, 6) is 1.31. The molecule has 0 saturated heterocycles. The highest BCUT2D eigenvalue weighted by atomic mass is 16.5. The molecule has 144 valence electrons. The monoisotopic (exact) mass is 378 g/mol. The molecule has 1 heterocycles. The van der Waals surface area contributed by atoms with E-state index >= 15 is 0 Å². The van der Waals surface area contributed by atoms with Crippen molar-refractivity contribution >= 4 is 23.1 Å². The van der Waals surface area contributed by atoms with Crippen molar-refractivity contribution in [2.24, 2.45) is 0 Å². The highest BCUT2D eigenvalue weighted by Crippen LogP contribution is 2.29. The summed E-state index contributed by atoms with van der Waals surface area (Å²) >= 11 is 0. The number of benzene rings is 2. The molecule has 1 aromatic heterocycles. The van der Waals surface area contributed by atoms with E-state index in [4.69, 9.17) is 9.47 Å². The van der Waals surface area contributed by atoms with Crippen LogP contribution in [0.25, 0.3) is 0 Å². The Bertz CT molecular complexity index is 984. The first-order valence-corrected chi connectivity index (χ1v) is 8.70. The molecule has 28 heavy (non-hydrogen) atoms. The number of carbonyl (C=O) groups excluding carboxylic acids is 1. The summed E-state index contributed by atoms with van der Waals surface area (Å²) in [4.78, 5) is 21.0. The van der Waals surface area contributed by atoms with E-state index in [1.807, 2.05) is 32.0 Å². The maximum atomic E-state index is 12.7. The Morgan fingerprint density at radius 1 is 0.964 bits per heavy atom. The number of aromatic nitrogens is 2. The van der Waals surface area contributed by atoms with Crippen LogP contribution in [0.3, 0.4) is 0 Å². The van der Waals surface area contributed by atoms with E-state index in [1.54, 1.807) is 31.4 Å². The Balaban J connectivity index is 1.81. The van der Waals surface area contributed by atoms with Crippen LogP contribution in [-0.2, 0) is 0 Å². The smallest absolute Gasteiger partial charge is 0.274 e. The standard InChI is InChI=1S/C21H22N4O3/c1-13-6-5-7-14(2)20(13)25-19-11-17(22-12-23-19)21(26)24-16-9-8-15(27-3)10-18(16)28-4/h5-12H,1-4H3,(H,24,26)(H,22,23,25). The summed E-state index contributed by atoms with van der Waals surface area (Å²) in [5, 5.41) is 6.07. The summed E-state index contributed by atoms with van der Waals surface area (Å²) in [6.07, 6.45) is 1.36. The predicted molar refractivity (Wildman–Crippen MR) is 109 cm³/mol. The van der Waals surface area contributed by atoms with Crippen LogP contribution in [0.15, 0.2) is 48.8 Å². The van der Waals surface area contributed by atoms with E-state index in [9.17, 15) is 4.79 Å². The third kappa shape index (κ3) is 4.20. The minimum absolute atomic E-state index is 0.238.